The van der Waals surface area contributed by atoms with Crippen molar-refractivity contribution in [3.63, 3.8) is 0 Å². The number of benzene rings is 3. The zero-order valence-electron chi connectivity index (χ0n) is 22.8. The summed E-state index contributed by atoms with van der Waals surface area (Å²) in [5.74, 6) is -3.35. The lowest BCUT2D eigenvalue weighted by atomic mass is 9.88. The quantitative estimate of drug-likeness (QED) is 0.391. The second-order valence-corrected chi connectivity index (χ2v) is 10.6. The first-order valence-corrected chi connectivity index (χ1v) is 13.9. The van der Waals surface area contributed by atoms with Crippen molar-refractivity contribution in [3.05, 3.63) is 95.6 Å². The van der Waals surface area contributed by atoms with Gasteiger partial charge < -0.3 is 20.1 Å². The molecule has 1 fully saturated rings. The van der Waals surface area contributed by atoms with Crippen molar-refractivity contribution < 1.29 is 28.2 Å². The summed E-state index contributed by atoms with van der Waals surface area (Å²) < 4.78 is 32.7. The Kier molecular flexibility index (Phi) is 8.73. The summed E-state index contributed by atoms with van der Waals surface area (Å²) >= 11 is 0. The average molecular weight is 562 g/mol. The lowest BCUT2D eigenvalue weighted by Crippen LogP contribution is -2.50. The molecule has 2 amide bonds. The van der Waals surface area contributed by atoms with Crippen LogP contribution in [0.15, 0.2) is 77.8 Å². The molecule has 0 bridgehead atoms. The van der Waals surface area contributed by atoms with Gasteiger partial charge in [-0.15, -0.1) is 0 Å². The molecule has 0 spiro atoms. The Morgan fingerprint density at radius 3 is 2.41 bits per heavy atom. The highest BCUT2D eigenvalue weighted by Crippen LogP contribution is 2.32. The second-order valence-electron chi connectivity index (χ2n) is 10.6. The summed E-state index contributed by atoms with van der Waals surface area (Å²) in [6.45, 7) is -0.351. The van der Waals surface area contributed by atoms with Crippen molar-refractivity contribution in [2.45, 2.75) is 44.4 Å². The molecule has 1 heterocycles. The number of benzodiazepines with no additional fused rings is 1. The number of halogens is 2. The van der Waals surface area contributed by atoms with Gasteiger partial charge >= 0.3 is 0 Å². The predicted octanol–water partition coefficient (Wildman–Crippen LogP) is 4.86. The number of anilines is 1. The van der Waals surface area contributed by atoms with Crippen LogP contribution in [0.1, 0.15) is 43.2 Å². The molecule has 1 unspecified atom stereocenters. The van der Waals surface area contributed by atoms with Gasteiger partial charge in [0.1, 0.15) is 24.0 Å². The van der Waals surface area contributed by atoms with Gasteiger partial charge in [-0.25, -0.2) is 13.8 Å². The van der Waals surface area contributed by atoms with Crippen molar-refractivity contribution in [2.75, 3.05) is 18.6 Å². The van der Waals surface area contributed by atoms with Crippen LogP contribution in [0.3, 0.4) is 0 Å². The number of aliphatic hydroxyl groups is 1. The van der Waals surface area contributed by atoms with Gasteiger partial charge in [0.15, 0.2) is 0 Å². The number of ether oxygens (including phenoxy) is 1. The first-order chi connectivity index (χ1) is 19.8. The van der Waals surface area contributed by atoms with E-state index in [-0.39, 0.29) is 18.3 Å². The fourth-order valence-corrected chi connectivity index (χ4v) is 5.64. The Morgan fingerprint density at radius 2 is 1.71 bits per heavy atom. The van der Waals surface area contributed by atoms with Gasteiger partial charge in [-0.1, -0.05) is 74.2 Å². The van der Waals surface area contributed by atoms with Crippen LogP contribution >= 0.6 is 0 Å². The molecule has 9 heteroatoms. The van der Waals surface area contributed by atoms with E-state index in [1.54, 1.807) is 7.05 Å². The van der Waals surface area contributed by atoms with Crippen molar-refractivity contribution in [1.82, 2.24) is 5.32 Å². The van der Waals surface area contributed by atoms with Crippen LogP contribution in [-0.2, 0) is 9.59 Å². The molecule has 3 aromatic rings. The molecular weight excluding hydrogens is 528 g/mol. The maximum Gasteiger partial charge on any atom is 0.272 e. The number of hydrogen-bond acceptors (Lipinski definition) is 5. The molecule has 5 rings (SSSR count). The fourth-order valence-electron chi connectivity index (χ4n) is 5.64. The van der Waals surface area contributed by atoms with Crippen molar-refractivity contribution in [2.24, 2.45) is 16.8 Å². The van der Waals surface area contributed by atoms with Gasteiger partial charge in [0.05, 0.1) is 23.4 Å². The van der Waals surface area contributed by atoms with Gasteiger partial charge in [-0.3, -0.25) is 9.59 Å². The molecule has 1 aliphatic carbocycles. The van der Waals surface area contributed by atoms with Gasteiger partial charge in [0.25, 0.3) is 5.91 Å². The third kappa shape index (κ3) is 6.62. The molecule has 1 saturated carbocycles. The summed E-state index contributed by atoms with van der Waals surface area (Å²) in [5.41, 5.74) is 2.77. The summed E-state index contributed by atoms with van der Waals surface area (Å²) in [5, 5.41) is 13.9. The molecule has 7 nitrogen and oxygen atoms in total. The van der Waals surface area contributed by atoms with Crippen LogP contribution in [-0.4, -0.2) is 48.6 Å². The van der Waals surface area contributed by atoms with Crippen LogP contribution in [0.5, 0.6) is 5.75 Å². The number of fused-ring (bicyclic) bond motifs is 1. The number of carbonyl (C=O) groups is 2. The van der Waals surface area contributed by atoms with E-state index in [9.17, 15) is 23.5 Å². The molecule has 0 aromatic heterocycles. The maximum absolute atomic E-state index is 13.8. The van der Waals surface area contributed by atoms with Crippen LogP contribution in [0, 0.1) is 23.5 Å². The molecule has 214 valence electrons. The molecule has 3 atom stereocenters. The molecular formula is C32H33F2N3O4. The molecule has 2 aliphatic rings. The Hall–Kier alpha value is -4.11. The standard InChI is InChI=1S/C32H33F2N3O4/c1-37-27-14-8-7-13-25(27)29(21-11-3-2-4-12-21)35-30(32(37)40)36-31(39)26(15-20-9-5-6-10-20)28(38)19-41-24-17-22(33)16-23(34)18-24/h2-4,7-8,11-14,16-18,20,26,28,30,38H,5-6,9-10,15,19H2,1H3,(H,36,39)/t26-,28-,30?/m1/s1. The number of nitrogens with zero attached hydrogens (tertiary/aromatic N) is 2. The van der Waals surface area contributed by atoms with Gasteiger partial charge in [-0.2, -0.15) is 0 Å². The maximum atomic E-state index is 13.8. The number of likely N-dealkylation sites (N-methyl/N-ethyl adjacent to an activating group) is 1. The average Bonchev–Trinajstić information content (AvgIpc) is 3.46. The zero-order valence-corrected chi connectivity index (χ0v) is 22.8. The van der Waals surface area contributed by atoms with E-state index < -0.39 is 41.6 Å². The number of aliphatic imine (C=N–C) groups is 1. The number of rotatable bonds is 9. The molecule has 0 saturated heterocycles. The van der Waals surface area contributed by atoms with Crippen LogP contribution in [0.25, 0.3) is 0 Å². The number of nitrogens with one attached hydrogen (secondary N) is 1. The number of amides is 2. The normalized spacial score (nSPS) is 18.7. The third-order valence-electron chi connectivity index (χ3n) is 7.79. The minimum Gasteiger partial charge on any atom is -0.491 e. The lowest BCUT2D eigenvalue weighted by molar-refractivity contribution is -0.133. The summed E-state index contributed by atoms with van der Waals surface area (Å²) in [4.78, 5) is 33.6. The largest absolute Gasteiger partial charge is 0.491 e. The molecule has 2 N–H and O–H groups in total. The summed E-state index contributed by atoms with van der Waals surface area (Å²) in [6, 6.07) is 19.6. The number of aliphatic hydroxyl groups excluding tert-OH is 1. The Balaban J connectivity index is 1.41. The number of para-hydroxylation sites is 1. The fraction of sp³-hybridized carbons (Fsp3) is 0.344. The first-order valence-electron chi connectivity index (χ1n) is 13.9. The number of hydrogen-bond donors (Lipinski definition) is 2. The van der Waals surface area contributed by atoms with Gasteiger partial charge in [0, 0.05) is 36.4 Å². The Labute approximate surface area is 237 Å². The molecule has 3 aromatic carbocycles. The lowest BCUT2D eigenvalue weighted by Gasteiger charge is -2.27. The van der Waals surface area contributed by atoms with Gasteiger partial charge in [0.2, 0.25) is 12.1 Å². The highest BCUT2D eigenvalue weighted by Gasteiger charge is 2.36. The van der Waals surface area contributed by atoms with Crippen molar-refractivity contribution >= 4 is 23.2 Å². The highest BCUT2D eigenvalue weighted by atomic mass is 19.1. The molecule has 41 heavy (non-hydrogen) atoms. The first kappa shape index (κ1) is 28.4. The van der Waals surface area contributed by atoms with E-state index >= 15 is 0 Å². The zero-order chi connectivity index (χ0) is 28.9. The topological polar surface area (TPSA) is 91.2 Å². The highest BCUT2D eigenvalue weighted by molar-refractivity contribution is 6.20. The summed E-state index contributed by atoms with van der Waals surface area (Å²) in [7, 11) is 1.64. The third-order valence-corrected chi connectivity index (χ3v) is 7.79. The van der Waals surface area contributed by atoms with E-state index in [0.29, 0.717) is 17.8 Å². The Morgan fingerprint density at radius 1 is 1.05 bits per heavy atom. The van der Waals surface area contributed by atoms with Crippen LogP contribution in [0.2, 0.25) is 0 Å². The number of carbonyl (C=O) groups excluding carboxylic acids is 2. The molecule has 0 radical (unpaired) electrons. The predicted molar refractivity (Wildman–Crippen MR) is 152 cm³/mol. The SMILES string of the molecule is CN1C(=O)C(NC(=O)[C@H](CC2CCCC2)[C@H](O)COc2cc(F)cc(F)c2)N=C(c2ccccc2)c2ccccc21. The van der Waals surface area contributed by atoms with E-state index in [4.69, 9.17) is 9.73 Å². The summed E-state index contributed by atoms with van der Waals surface area (Å²) in [6.07, 6.45) is 1.83. The van der Waals surface area contributed by atoms with E-state index in [1.165, 1.54) is 4.90 Å². The van der Waals surface area contributed by atoms with Gasteiger partial charge in [-0.05, 0) is 18.4 Å². The van der Waals surface area contributed by atoms with E-state index in [1.807, 2.05) is 54.6 Å². The monoisotopic (exact) mass is 561 g/mol. The van der Waals surface area contributed by atoms with Crippen LogP contribution < -0.4 is 15.0 Å². The van der Waals surface area contributed by atoms with Crippen molar-refractivity contribution in [3.8, 4) is 5.75 Å². The van der Waals surface area contributed by atoms with Crippen LogP contribution in [0.4, 0.5) is 14.5 Å². The van der Waals surface area contributed by atoms with Crippen molar-refractivity contribution in [1.29, 1.82) is 0 Å². The minimum absolute atomic E-state index is 0.0861. The minimum atomic E-state index is -1.28. The smallest absolute Gasteiger partial charge is 0.272 e. The Bertz CT molecular complexity index is 1410. The second kappa shape index (κ2) is 12.6. The molecule has 1 aliphatic heterocycles. The van der Waals surface area contributed by atoms with E-state index in [0.717, 1.165) is 55.0 Å². The van der Waals surface area contributed by atoms with E-state index in [2.05, 4.69) is 5.32 Å².